The standard InChI is InChI=1S/2C19H42N.C4H11O3P/c2*1-5-6-7-8-9-10-11-12-13-14-15-16-17-18-19-20(2,3)4;1-2-3-4-8(5,6)7/h2*5-19H2,1-4H3;2-4H2,1H3,(H2,5,6,7)/q2*+1;/p-2. The summed E-state index contributed by atoms with van der Waals surface area (Å²) in [6.45, 7) is 9.09. The molecule has 5 nitrogen and oxygen atoms in total. The summed E-state index contributed by atoms with van der Waals surface area (Å²) in [6, 6.07) is 0. The van der Waals surface area contributed by atoms with Crippen LogP contribution in [0.15, 0.2) is 0 Å². The zero-order valence-electron chi connectivity index (χ0n) is 34.9. The molecule has 0 aromatic heterocycles. The highest BCUT2D eigenvalue weighted by atomic mass is 31.2. The van der Waals surface area contributed by atoms with Crippen LogP contribution in [0.5, 0.6) is 0 Å². The fraction of sp³-hybridized carbons (Fsp3) is 1.00. The minimum Gasteiger partial charge on any atom is -0.811 e. The van der Waals surface area contributed by atoms with Gasteiger partial charge in [0.25, 0.3) is 0 Å². The van der Waals surface area contributed by atoms with Gasteiger partial charge >= 0.3 is 0 Å². The lowest BCUT2D eigenvalue weighted by Gasteiger charge is -2.28. The quantitative estimate of drug-likeness (QED) is 0.0388. The summed E-state index contributed by atoms with van der Waals surface area (Å²) in [4.78, 5) is 19.7. The molecule has 0 aromatic carbocycles. The summed E-state index contributed by atoms with van der Waals surface area (Å²) in [5, 5.41) is 0. The topological polar surface area (TPSA) is 63.2 Å². The summed E-state index contributed by atoms with van der Waals surface area (Å²) in [7, 11) is 9.58. The summed E-state index contributed by atoms with van der Waals surface area (Å²) >= 11 is 0. The number of unbranched alkanes of at least 4 members (excludes halogenated alkanes) is 27. The van der Waals surface area contributed by atoms with Gasteiger partial charge in [0.15, 0.2) is 0 Å². The number of hydrogen-bond acceptors (Lipinski definition) is 3. The van der Waals surface area contributed by atoms with Gasteiger partial charge < -0.3 is 23.3 Å². The van der Waals surface area contributed by atoms with Crippen LogP contribution in [0.25, 0.3) is 0 Å². The Morgan fingerprint density at radius 2 is 0.521 bits per heavy atom. The summed E-state index contributed by atoms with van der Waals surface area (Å²) in [5.41, 5.74) is 0. The molecular weight excluding hydrogens is 611 g/mol. The Morgan fingerprint density at radius 1 is 0.333 bits per heavy atom. The molecule has 0 spiro atoms. The lowest BCUT2D eigenvalue weighted by atomic mass is 10.0. The van der Waals surface area contributed by atoms with Gasteiger partial charge in [-0.2, -0.15) is 0 Å². The van der Waals surface area contributed by atoms with E-state index in [1.165, 1.54) is 193 Å². The molecule has 0 aromatic rings. The Kier molecular flexibility index (Phi) is 41.8. The minimum absolute atomic E-state index is 0.191. The van der Waals surface area contributed by atoms with Crippen molar-refractivity contribution in [1.29, 1.82) is 0 Å². The van der Waals surface area contributed by atoms with Gasteiger partial charge in [-0.25, -0.2) is 0 Å². The first-order valence-electron chi connectivity index (χ1n) is 21.3. The van der Waals surface area contributed by atoms with Crippen LogP contribution in [-0.4, -0.2) is 70.5 Å². The third-order valence-corrected chi connectivity index (χ3v) is 10.0. The van der Waals surface area contributed by atoms with E-state index in [0.29, 0.717) is 6.42 Å². The molecule has 0 rings (SSSR count). The lowest BCUT2D eigenvalue weighted by molar-refractivity contribution is -0.870. The normalized spacial score (nSPS) is 12.0. The molecular formula is C42H93N2O3P. The Hall–Kier alpha value is 0.0700. The molecule has 0 bridgehead atoms. The first-order valence-corrected chi connectivity index (χ1v) is 23.0. The highest BCUT2D eigenvalue weighted by Gasteiger charge is 2.06. The van der Waals surface area contributed by atoms with Gasteiger partial charge in [-0.05, 0) is 38.3 Å². The predicted octanol–water partition coefficient (Wildman–Crippen LogP) is 12.0. The maximum atomic E-state index is 9.86. The zero-order valence-corrected chi connectivity index (χ0v) is 35.8. The highest BCUT2D eigenvalue weighted by molar-refractivity contribution is 7.48. The van der Waals surface area contributed by atoms with Crippen molar-refractivity contribution in [2.24, 2.45) is 0 Å². The van der Waals surface area contributed by atoms with Gasteiger partial charge in [-0.1, -0.05) is 189 Å². The van der Waals surface area contributed by atoms with Crippen molar-refractivity contribution in [2.75, 3.05) is 61.5 Å². The Morgan fingerprint density at radius 3 is 0.667 bits per heavy atom. The highest BCUT2D eigenvalue weighted by Crippen LogP contribution is 2.24. The molecule has 294 valence electrons. The summed E-state index contributed by atoms with van der Waals surface area (Å²) in [6.07, 6.45) is 41.8. The molecule has 0 radical (unpaired) electrons. The van der Waals surface area contributed by atoms with E-state index in [9.17, 15) is 14.4 Å². The molecule has 0 atom stereocenters. The first kappa shape index (κ1) is 52.4. The molecule has 0 saturated heterocycles. The third kappa shape index (κ3) is 61.3. The second-order valence-corrected chi connectivity index (χ2v) is 18.6. The average Bonchev–Trinajstić information content (AvgIpc) is 2.99. The predicted molar refractivity (Wildman–Crippen MR) is 214 cm³/mol. The Balaban J connectivity index is -0.000000689. The second kappa shape index (κ2) is 38.3. The van der Waals surface area contributed by atoms with Crippen LogP contribution in [0.4, 0.5) is 0 Å². The fourth-order valence-corrected chi connectivity index (χ4v) is 6.62. The van der Waals surface area contributed by atoms with Gasteiger partial charge in [0.1, 0.15) is 0 Å². The van der Waals surface area contributed by atoms with E-state index >= 15 is 0 Å². The Labute approximate surface area is 305 Å². The van der Waals surface area contributed by atoms with E-state index in [0.717, 1.165) is 15.4 Å². The number of quaternary nitrogens is 2. The van der Waals surface area contributed by atoms with Crippen molar-refractivity contribution in [3.05, 3.63) is 0 Å². The van der Waals surface area contributed by atoms with Crippen LogP contribution in [0.1, 0.15) is 213 Å². The maximum Gasteiger partial charge on any atom is 0.0780 e. The van der Waals surface area contributed by atoms with Crippen molar-refractivity contribution in [3.63, 3.8) is 0 Å². The van der Waals surface area contributed by atoms with Crippen LogP contribution in [0.2, 0.25) is 0 Å². The summed E-state index contributed by atoms with van der Waals surface area (Å²) in [5.74, 6) is 0. The molecule has 48 heavy (non-hydrogen) atoms. The van der Waals surface area contributed by atoms with Crippen molar-refractivity contribution in [3.8, 4) is 0 Å². The monoisotopic (exact) mass is 705 g/mol. The smallest absolute Gasteiger partial charge is 0.0780 e. The van der Waals surface area contributed by atoms with Crippen LogP contribution in [0, 0.1) is 0 Å². The van der Waals surface area contributed by atoms with Gasteiger partial charge in [0.2, 0.25) is 0 Å². The third-order valence-electron chi connectivity index (χ3n) is 9.15. The molecule has 0 aliphatic heterocycles. The minimum atomic E-state index is -4.18. The fourth-order valence-electron chi connectivity index (χ4n) is 5.91. The molecule has 6 heteroatoms. The molecule has 0 N–H and O–H groups in total. The van der Waals surface area contributed by atoms with Crippen LogP contribution in [-0.2, 0) is 4.57 Å². The van der Waals surface area contributed by atoms with Gasteiger partial charge in [-0.15, -0.1) is 0 Å². The van der Waals surface area contributed by atoms with Crippen molar-refractivity contribution in [2.45, 2.75) is 213 Å². The van der Waals surface area contributed by atoms with Crippen molar-refractivity contribution >= 4 is 7.60 Å². The molecule has 0 saturated carbocycles. The van der Waals surface area contributed by atoms with E-state index in [2.05, 4.69) is 56.1 Å². The molecule has 0 heterocycles. The van der Waals surface area contributed by atoms with E-state index in [1.54, 1.807) is 0 Å². The average molecular weight is 705 g/mol. The number of nitrogens with zero attached hydrogens (tertiary/aromatic N) is 2. The zero-order chi connectivity index (χ0) is 36.8. The van der Waals surface area contributed by atoms with E-state index < -0.39 is 7.60 Å². The lowest BCUT2D eigenvalue weighted by Crippen LogP contribution is -2.35. The molecule has 0 aliphatic carbocycles. The maximum absolute atomic E-state index is 9.86. The van der Waals surface area contributed by atoms with Crippen molar-refractivity contribution < 1.29 is 23.3 Å². The van der Waals surface area contributed by atoms with E-state index in [1.807, 2.05) is 6.92 Å². The van der Waals surface area contributed by atoms with Crippen LogP contribution in [0.3, 0.4) is 0 Å². The van der Waals surface area contributed by atoms with E-state index in [-0.39, 0.29) is 6.16 Å². The van der Waals surface area contributed by atoms with Crippen molar-refractivity contribution in [1.82, 2.24) is 0 Å². The molecule has 0 aliphatic rings. The molecule has 0 fully saturated rings. The Bertz CT molecular complexity index is 598. The number of rotatable bonds is 33. The van der Waals surface area contributed by atoms with Crippen LogP contribution >= 0.6 is 7.60 Å². The van der Waals surface area contributed by atoms with E-state index in [4.69, 9.17) is 0 Å². The first-order chi connectivity index (χ1) is 22.7. The SMILES string of the molecule is CCCCCCCCCCCCCCCC[N+](C)(C)C.CCCCCCCCCCCCCCCC[N+](C)(C)C.CCCCP(=O)([O-])[O-]. The summed E-state index contributed by atoms with van der Waals surface area (Å²) < 4.78 is 12.1. The second-order valence-electron chi connectivity index (χ2n) is 16.9. The largest absolute Gasteiger partial charge is 0.811 e. The van der Waals surface area contributed by atoms with Gasteiger partial charge in [-0.3, -0.25) is 0 Å². The van der Waals surface area contributed by atoms with Crippen LogP contribution < -0.4 is 9.79 Å². The number of hydrogen-bond donors (Lipinski definition) is 0. The molecule has 0 amide bonds. The molecule has 0 unspecified atom stereocenters. The van der Waals surface area contributed by atoms with Gasteiger partial charge in [0, 0.05) is 0 Å². The van der Waals surface area contributed by atoms with Gasteiger partial charge in [0.05, 0.1) is 55.4 Å².